The standard InChI is InChI=1S/C17H21NOS/c1-13(12-14-4-8-16(19-2)9-5-14)18-15-6-10-17(20-3)11-7-15/h4-11,13,18H,12H2,1-3H3. The Hall–Kier alpha value is -1.61. The van der Waals surface area contributed by atoms with Gasteiger partial charge in [0.25, 0.3) is 0 Å². The van der Waals surface area contributed by atoms with E-state index in [1.54, 1.807) is 18.9 Å². The molecule has 0 saturated carbocycles. The van der Waals surface area contributed by atoms with Crippen LogP contribution in [0, 0.1) is 0 Å². The van der Waals surface area contributed by atoms with Crippen LogP contribution in [0.3, 0.4) is 0 Å². The van der Waals surface area contributed by atoms with Crippen LogP contribution in [0.5, 0.6) is 5.75 Å². The maximum atomic E-state index is 5.17. The minimum Gasteiger partial charge on any atom is -0.497 e. The largest absolute Gasteiger partial charge is 0.497 e. The van der Waals surface area contributed by atoms with E-state index in [2.05, 4.69) is 54.9 Å². The molecule has 0 aliphatic carbocycles. The lowest BCUT2D eigenvalue weighted by molar-refractivity contribution is 0.414. The Morgan fingerprint density at radius 3 is 2.25 bits per heavy atom. The highest BCUT2D eigenvalue weighted by atomic mass is 32.2. The van der Waals surface area contributed by atoms with Crippen molar-refractivity contribution in [1.82, 2.24) is 0 Å². The molecule has 20 heavy (non-hydrogen) atoms. The van der Waals surface area contributed by atoms with Crippen molar-refractivity contribution < 1.29 is 4.74 Å². The van der Waals surface area contributed by atoms with Crippen molar-refractivity contribution in [2.75, 3.05) is 18.7 Å². The number of rotatable bonds is 6. The molecule has 0 bridgehead atoms. The van der Waals surface area contributed by atoms with Crippen LogP contribution in [0.1, 0.15) is 12.5 Å². The molecule has 0 aliphatic rings. The molecule has 0 saturated heterocycles. The number of thioether (sulfide) groups is 1. The number of nitrogens with one attached hydrogen (secondary N) is 1. The summed E-state index contributed by atoms with van der Waals surface area (Å²) >= 11 is 1.76. The molecule has 0 spiro atoms. The zero-order valence-electron chi connectivity index (χ0n) is 12.2. The summed E-state index contributed by atoms with van der Waals surface area (Å²) < 4.78 is 5.17. The third-order valence-electron chi connectivity index (χ3n) is 3.20. The fraction of sp³-hybridized carbons (Fsp3) is 0.294. The molecule has 1 atom stereocenters. The van der Waals surface area contributed by atoms with Crippen molar-refractivity contribution in [3.05, 3.63) is 54.1 Å². The molecular formula is C17H21NOS. The molecule has 0 radical (unpaired) electrons. The molecule has 0 amide bonds. The third-order valence-corrected chi connectivity index (χ3v) is 3.95. The molecule has 106 valence electrons. The Bertz CT molecular complexity index is 472. The summed E-state index contributed by atoms with van der Waals surface area (Å²) in [7, 11) is 1.69. The lowest BCUT2D eigenvalue weighted by Gasteiger charge is -2.16. The van der Waals surface area contributed by atoms with Gasteiger partial charge in [-0.25, -0.2) is 0 Å². The number of hydrogen-bond acceptors (Lipinski definition) is 3. The predicted octanol–water partition coefficient (Wildman–Crippen LogP) is 4.46. The number of methoxy groups -OCH3 is 1. The minimum atomic E-state index is 0.392. The first-order valence-electron chi connectivity index (χ1n) is 6.75. The zero-order valence-corrected chi connectivity index (χ0v) is 13.0. The predicted molar refractivity (Wildman–Crippen MR) is 88.0 cm³/mol. The topological polar surface area (TPSA) is 21.3 Å². The Morgan fingerprint density at radius 2 is 1.70 bits per heavy atom. The molecule has 0 aliphatic heterocycles. The first kappa shape index (κ1) is 14.8. The second kappa shape index (κ2) is 7.25. The maximum Gasteiger partial charge on any atom is 0.118 e. The summed E-state index contributed by atoms with van der Waals surface area (Å²) in [4.78, 5) is 1.29. The summed E-state index contributed by atoms with van der Waals surface area (Å²) in [6, 6.07) is 17.2. The molecule has 0 aromatic heterocycles. The van der Waals surface area contributed by atoms with Crippen LogP contribution >= 0.6 is 11.8 Å². The number of anilines is 1. The first-order chi connectivity index (χ1) is 9.71. The molecule has 2 nitrogen and oxygen atoms in total. The summed E-state index contributed by atoms with van der Waals surface area (Å²) in [5.74, 6) is 0.905. The van der Waals surface area contributed by atoms with Crippen molar-refractivity contribution in [1.29, 1.82) is 0 Å². The Kier molecular flexibility index (Phi) is 5.36. The number of ether oxygens (including phenoxy) is 1. The van der Waals surface area contributed by atoms with E-state index in [1.807, 2.05) is 12.1 Å². The van der Waals surface area contributed by atoms with Crippen LogP contribution in [0.25, 0.3) is 0 Å². The van der Waals surface area contributed by atoms with Gasteiger partial charge in [-0.3, -0.25) is 0 Å². The van der Waals surface area contributed by atoms with E-state index in [0.29, 0.717) is 6.04 Å². The summed E-state index contributed by atoms with van der Waals surface area (Å²) in [6.45, 7) is 2.20. The molecule has 0 heterocycles. The van der Waals surface area contributed by atoms with Crippen LogP contribution < -0.4 is 10.1 Å². The highest BCUT2D eigenvalue weighted by molar-refractivity contribution is 7.98. The molecule has 3 heteroatoms. The molecule has 2 rings (SSSR count). The van der Waals surface area contributed by atoms with Crippen LogP contribution in [0.4, 0.5) is 5.69 Å². The Balaban J connectivity index is 1.91. The van der Waals surface area contributed by atoms with E-state index >= 15 is 0 Å². The van der Waals surface area contributed by atoms with Crippen molar-refractivity contribution in [3.63, 3.8) is 0 Å². The second-order valence-corrected chi connectivity index (χ2v) is 5.71. The Morgan fingerprint density at radius 1 is 1.05 bits per heavy atom. The molecule has 2 aromatic rings. The highest BCUT2D eigenvalue weighted by Gasteiger charge is 2.04. The van der Waals surface area contributed by atoms with Gasteiger partial charge >= 0.3 is 0 Å². The van der Waals surface area contributed by atoms with Gasteiger partial charge in [0.2, 0.25) is 0 Å². The smallest absolute Gasteiger partial charge is 0.118 e. The summed E-state index contributed by atoms with van der Waals surface area (Å²) in [5, 5.41) is 3.53. The average Bonchev–Trinajstić information content (AvgIpc) is 2.49. The van der Waals surface area contributed by atoms with E-state index < -0.39 is 0 Å². The van der Waals surface area contributed by atoms with E-state index in [0.717, 1.165) is 12.2 Å². The van der Waals surface area contributed by atoms with E-state index in [4.69, 9.17) is 4.74 Å². The lowest BCUT2D eigenvalue weighted by Crippen LogP contribution is -2.17. The van der Waals surface area contributed by atoms with Crippen LogP contribution in [-0.2, 0) is 6.42 Å². The highest BCUT2D eigenvalue weighted by Crippen LogP contribution is 2.19. The van der Waals surface area contributed by atoms with E-state index in [9.17, 15) is 0 Å². The fourth-order valence-electron chi connectivity index (χ4n) is 2.14. The van der Waals surface area contributed by atoms with Crippen LogP contribution in [0.2, 0.25) is 0 Å². The SMILES string of the molecule is COc1ccc(CC(C)Nc2ccc(SC)cc2)cc1. The van der Waals surface area contributed by atoms with Gasteiger partial charge < -0.3 is 10.1 Å². The maximum absolute atomic E-state index is 5.17. The molecule has 1 N–H and O–H groups in total. The molecule has 1 unspecified atom stereocenters. The third kappa shape index (κ3) is 4.20. The van der Waals surface area contributed by atoms with E-state index in [1.165, 1.54) is 16.1 Å². The quantitative estimate of drug-likeness (QED) is 0.793. The van der Waals surface area contributed by atoms with Gasteiger partial charge in [0.05, 0.1) is 7.11 Å². The minimum absolute atomic E-state index is 0.392. The van der Waals surface area contributed by atoms with Crippen molar-refractivity contribution in [3.8, 4) is 5.75 Å². The van der Waals surface area contributed by atoms with E-state index in [-0.39, 0.29) is 0 Å². The van der Waals surface area contributed by atoms with Gasteiger partial charge in [-0.2, -0.15) is 0 Å². The summed E-state index contributed by atoms with van der Waals surface area (Å²) in [5.41, 5.74) is 2.48. The van der Waals surface area contributed by atoms with Crippen LogP contribution in [-0.4, -0.2) is 19.4 Å². The number of benzene rings is 2. The molecular weight excluding hydrogens is 266 g/mol. The Labute approximate surface area is 125 Å². The van der Waals surface area contributed by atoms with Gasteiger partial charge in [0.15, 0.2) is 0 Å². The monoisotopic (exact) mass is 287 g/mol. The van der Waals surface area contributed by atoms with Gasteiger partial charge in [-0.05, 0) is 61.6 Å². The van der Waals surface area contributed by atoms with Crippen molar-refractivity contribution in [2.45, 2.75) is 24.3 Å². The first-order valence-corrected chi connectivity index (χ1v) is 7.97. The number of hydrogen-bond donors (Lipinski definition) is 1. The molecule has 0 fully saturated rings. The second-order valence-electron chi connectivity index (χ2n) is 4.83. The fourth-order valence-corrected chi connectivity index (χ4v) is 2.55. The van der Waals surface area contributed by atoms with Crippen LogP contribution in [0.15, 0.2) is 53.4 Å². The molecule has 2 aromatic carbocycles. The van der Waals surface area contributed by atoms with Crippen molar-refractivity contribution in [2.24, 2.45) is 0 Å². The average molecular weight is 287 g/mol. The van der Waals surface area contributed by atoms with Crippen molar-refractivity contribution >= 4 is 17.4 Å². The van der Waals surface area contributed by atoms with Gasteiger partial charge in [-0.15, -0.1) is 11.8 Å². The van der Waals surface area contributed by atoms with Gasteiger partial charge in [0, 0.05) is 16.6 Å². The summed E-state index contributed by atoms with van der Waals surface area (Å²) in [6.07, 6.45) is 3.09. The zero-order chi connectivity index (χ0) is 14.4. The van der Waals surface area contributed by atoms with Gasteiger partial charge in [-0.1, -0.05) is 12.1 Å². The normalized spacial score (nSPS) is 11.9. The van der Waals surface area contributed by atoms with Gasteiger partial charge in [0.1, 0.15) is 5.75 Å². The lowest BCUT2D eigenvalue weighted by atomic mass is 10.1.